The molecule has 0 bridgehead atoms. The van der Waals surface area contributed by atoms with Gasteiger partial charge < -0.3 is 14.4 Å². The number of carbonyl (C=O) groups excluding carboxylic acids is 1. The van der Waals surface area contributed by atoms with Gasteiger partial charge in [-0.3, -0.25) is 4.79 Å². The molecule has 1 aromatic carbocycles. The molecule has 2 aliphatic heterocycles. The molecule has 3 aliphatic rings. The zero-order valence-electron chi connectivity index (χ0n) is 15.2. The first-order valence-electron chi connectivity index (χ1n) is 9.86. The smallest absolute Gasteiger partial charge is 0.229 e. The number of fused-ring (bicyclic) bond motifs is 1. The van der Waals surface area contributed by atoms with Crippen molar-refractivity contribution in [3.05, 3.63) is 23.8 Å². The Morgan fingerprint density at radius 3 is 2.80 bits per heavy atom. The van der Waals surface area contributed by atoms with Crippen LogP contribution in [0.1, 0.15) is 50.5 Å². The first-order chi connectivity index (χ1) is 12.3. The second kappa shape index (κ2) is 7.27. The normalized spacial score (nSPS) is 26.8. The number of ether oxygens (including phenoxy) is 2. The minimum atomic E-state index is -0.0520. The number of hydrogen-bond acceptors (Lipinski definition) is 3. The first kappa shape index (κ1) is 16.7. The van der Waals surface area contributed by atoms with E-state index >= 15 is 0 Å². The van der Waals surface area contributed by atoms with Crippen molar-refractivity contribution in [3.8, 4) is 11.5 Å². The van der Waals surface area contributed by atoms with Crippen LogP contribution in [-0.2, 0) is 11.2 Å². The Labute approximate surface area is 150 Å². The maximum absolute atomic E-state index is 13.2. The predicted octanol–water partition coefficient (Wildman–Crippen LogP) is 3.82. The third-order valence-electron chi connectivity index (χ3n) is 6.30. The number of nitrogens with zero attached hydrogens (tertiary/aromatic N) is 1. The Bertz CT molecular complexity index is 624. The number of benzene rings is 1. The van der Waals surface area contributed by atoms with Crippen molar-refractivity contribution in [1.29, 1.82) is 0 Å². The van der Waals surface area contributed by atoms with Crippen LogP contribution in [-0.4, -0.2) is 37.1 Å². The zero-order valence-corrected chi connectivity index (χ0v) is 15.2. The lowest BCUT2D eigenvalue weighted by atomic mass is 9.82. The van der Waals surface area contributed by atoms with Gasteiger partial charge in [0.25, 0.3) is 0 Å². The molecule has 2 atom stereocenters. The lowest BCUT2D eigenvalue weighted by Crippen LogP contribution is -2.46. The summed E-state index contributed by atoms with van der Waals surface area (Å²) in [5.74, 6) is 2.70. The van der Waals surface area contributed by atoms with E-state index in [1.54, 1.807) is 7.11 Å². The summed E-state index contributed by atoms with van der Waals surface area (Å²) >= 11 is 0. The number of hydrogen-bond donors (Lipinski definition) is 0. The van der Waals surface area contributed by atoms with Crippen LogP contribution in [0.4, 0.5) is 0 Å². The van der Waals surface area contributed by atoms with Gasteiger partial charge in [-0.15, -0.1) is 0 Å². The summed E-state index contributed by atoms with van der Waals surface area (Å²) in [7, 11) is 1.67. The molecule has 0 aromatic heterocycles. The predicted molar refractivity (Wildman–Crippen MR) is 97.0 cm³/mol. The van der Waals surface area contributed by atoms with E-state index in [1.807, 2.05) is 18.2 Å². The maximum Gasteiger partial charge on any atom is 0.229 e. The van der Waals surface area contributed by atoms with Gasteiger partial charge in [-0.1, -0.05) is 19.3 Å². The summed E-state index contributed by atoms with van der Waals surface area (Å²) < 4.78 is 11.2. The Hall–Kier alpha value is -1.71. The molecule has 2 fully saturated rings. The van der Waals surface area contributed by atoms with Gasteiger partial charge in [0.2, 0.25) is 5.91 Å². The zero-order chi connectivity index (χ0) is 17.2. The number of rotatable bonds is 3. The van der Waals surface area contributed by atoms with E-state index < -0.39 is 0 Å². The molecule has 4 nitrogen and oxygen atoms in total. The monoisotopic (exact) mass is 343 g/mol. The van der Waals surface area contributed by atoms with Crippen molar-refractivity contribution in [2.24, 2.45) is 11.8 Å². The van der Waals surface area contributed by atoms with Gasteiger partial charge >= 0.3 is 0 Å². The quantitative estimate of drug-likeness (QED) is 0.837. The van der Waals surface area contributed by atoms with Gasteiger partial charge in [0.05, 0.1) is 13.0 Å². The van der Waals surface area contributed by atoms with E-state index in [9.17, 15) is 4.79 Å². The maximum atomic E-state index is 13.2. The molecule has 1 saturated carbocycles. The summed E-state index contributed by atoms with van der Waals surface area (Å²) in [4.78, 5) is 15.4. The highest BCUT2D eigenvalue weighted by Gasteiger charge is 2.39. The Morgan fingerprint density at radius 1 is 1.16 bits per heavy atom. The molecule has 4 heteroatoms. The molecule has 4 rings (SSSR count). The summed E-state index contributed by atoms with van der Waals surface area (Å²) in [6, 6.07) is 6.35. The molecule has 25 heavy (non-hydrogen) atoms. The van der Waals surface area contributed by atoms with E-state index in [2.05, 4.69) is 4.90 Å². The van der Waals surface area contributed by atoms with Crippen molar-refractivity contribution in [2.75, 3.05) is 20.3 Å². The number of likely N-dealkylation sites (tertiary alicyclic amines) is 1. The van der Waals surface area contributed by atoms with Crippen LogP contribution in [0.15, 0.2) is 18.2 Å². The van der Waals surface area contributed by atoms with Crippen LogP contribution in [0.25, 0.3) is 0 Å². The fourth-order valence-electron chi connectivity index (χ4n) is 4.97. The standard InChI is InChI=1S/C21H29NO3/c1-24-18-9-10-20-16(13-18)12-17(14-25-20)21(23)22-11-5-8-19(22)15-6-3-2-4-7-15/h9-10,13,15,17,19H,2-8,11-12,14H2,1H3. The SMILES string of the molecule is COc1ccc2c(c1)CC(C(=O)N1CCCC1C1CCCCC1)CO2. The average molecular weight is 343 g/mol. The second-order valence-corrected chi connectivity index (χ2v) is 7.83. The van der Waals surface area contributed by atoms with Gasteiger partial charge in [0.15, 0.2) is 0 Å². The van der Waals surface area contributed by atoms with Crippen LogP contribution >= 0.6 is 0 Å². The third-order valence-corrected chi connectivity index (χ3v) is 6.30. The first-order valence-corrected chi connectivity index (χ1v) is 9.86. The van der Waals surface area contributed by atoms with E-state index in [0.717, 1.165) is 42.4 Å². The highest BCUT2D eigenvalue weighted by Crippen LogP contribution is 2.37. The van der Waals surface area contributed by atoms with Crippen molar-refractivity contribution < 1.29 is 14.3 Å². The van der Waals surface area contributed by atoms with E-state index in [0.29, 0.717) is 18.6 Å². The van der Waals surface area contributed by atoms with Gasteiger partial charge in [-0.2, -0.15) is 0 Å². The minimum absolute atomic E-state index is 0.0520. The topological polar surface area (TPSA) is 38.8 Å². The second-order valence-electron chi connectivity index (χ2n) is 7.83. The highest BCUT2D eigenvalue weighted by atomic mass is 16.5. The van der Waals surface area contributed by atoms with E-state index in [-0.39, 0.29) is 5.92 Å². The van der Waals surface area contributed by atoms with Gasteiger partial charge in [0.1, 0.15) is 18.1 Å². The van der Waals surface area contributed by atoms with Gasteiger partial charge in [-0.25, -0.2) is 0 Å². The molecule has 1 aromatic rings. The molecule has 0 spiro atoms. The van der Waals surface area contributed by atoms with E-state index in [4.69, 9.17) is 9.47 Å². The van der Waals surface area contributed by atoms with Crippen molar-refractivity contribution in [2.45, 2.75) is 57.4 Å². The Morgan fingerprint density at radius 2 is 2.00 bits per heavy atom. The molecular weight excluding hydrogens is 314 g/mol. The molecule has 136 valence electrons. The molecule has 2 heterocycles. The number of amides is 1. The third kappa shape index (κ3) is 3.36. The number of methoxy groups -OCH3 is 1. The molecule has 0 N–H and O–H groups in total. The van der Waals surface area contributed by atoms with Crippen molar-refractivity contribution >= 4 is 5.91 Å². The van der Waals surface area contributed by atoms with Crippen LogP contribution in [0.2, 0.25) is 0 Å². The summed E-state index contributed by atoms with van der Waals surface area (Å²) in [6.07, 6.45) is 9.75. The van der Waals surface area contributed by atoms with Crippen LogP contribution in [0.5, 0.6) is 11.5 Å². The lowest BCUT2D eigenvalue weighted by molar-refractivity contribution is -0.139. The van der Waals surface area contributed by atoms with E-state index in [1.165, 1.54) is 38.5 Å². The largest absolute Gasteiger partial charge is 0.497 e. The molecular formula is C21H29NO3. The molecule has 0 radical (unpaired) electrons. The highest BCUT2D eigenvalue weighted by molar-refractivity contribution is 5.80. The average Bonchev–Trinajstić information content (AvgIpc) is 3.17. The fourth-order valence-corrected chi connectivity index (χ4v) is 4.97. The number of carbonyl (C=O) groups is 1. The van der Waals surface area contributed by atoms with Gasteiger partial charge in [-0.05, 0) is 61.8 Å². The molecule has 1 amide bonds. The molecule has 1 aliphatic carbocycles. The lowest BCUT2D eigenvalue weighted by Gasteiger charge is -2.36. The summed E-state index contributed by atoms with van der Waals surface area (Å²) in [5, 5.41) is 0. The molecule has 1 saturated heterocycles. The Balaban J connectivity index is 1.46. The minimum Gasteiger partial charge on any atom is -0.497 e. The van der Waals surface area contributed by atoms with Crippen LogP contribution < -0.4 is 9.47 Å². The van der Waals surface area contributed by atoms with Crippen LogP contribution in [0.3, 0.4) is 0 Å². The summed E-state index contributed by atoms with van der Waals surface area (Å²) in [5.41, 5.74) is 1.09. The van der Waals surface area contributed by atoms with Crippen LogP contribution in [0, 0.1) is 11.8 Å². The fraction of sp³-hybridized carbons (Fsp3) is 0.667. The Kier molecular flexibility index (Phi) is 4.87. The van der Waals surface area contributed by atoms with Gasteiger partial charge in [0, 0.05) is 12.6 Å². The van der Waals surface area contributed by atoms with Crippen molar-refractivity contribution in [3.63, 3.8) is 0 Å². The molecule has 2 unspecified atom stereocenters. The summed E-state index contributed by atoms with van der Waals surface area (Å²) in [6.45, 7) is 1.44. The van der Waals surface area contributed by atoms with Crippen molar-refractivity contribution in [1.82, 2.24) is 4.90 Å².